The summed E-state index contributed by atoms with van der Waals surface area (Å²) in [6.07, 6.45) is 1.61. The Morgan fingerprint density at radius 2 is 0.439 bits per heavy atom. The maximum absolute atomic E-state index is 15.1. The fraction of sp³-hybridized carbons (Fsp3) is 0.250. The van der Waals surface area contributed by atoms with Crippen molar-refractivity contribution in [2.75, 3.05) is 77.4 Å². The molecule has 0 aromatic heterocycles. The topological polar surface area (TPSA) is 60.9 Å². The number of benzene rings is 6. The molecule has 6 nitrogen and oxygen atoms in total. The fourth-order valence-corrected chi connectivity index (χ4v) is 16.0. The number of hydrogen-bond acceptors (Lipinski definition) is 6. The van der Waals surface area contributed by atoms with Crippen LogP contribution in [0.2, 0.25) is 0 Å². The predicted molar refractivity (Wildman–Crippen MR) is 243 cm³/mol. The molecule has 0 atom stereocenters. The van der Waals surface area contributed by atoms with Crippen molar-refractivity contribution in [3.63, 3.8) is 0 Å². The van der Waals surface area contributed by atoms with E-state index < -0.39 is 21.4 Å². The van der Waals surface area contributed by atoms with Crippen LogP contribution in [0.1, 0.15) is 0 Å². The molecule has 0 saturated carbocycles. The highest BCUT2D eigenvalue weighted by Crippen LogP contribution is 2.45. The van der Waals surface area contributed by atoms with E-state index in [1.165, 1.54) is 0 Å². The first-order valence-corrected chi connectivity index (χ1v) is 25.8. The Morgan fingerprint density at radius 1 is 0.281 bits per heavy atom. The summed E-state index contributed by atoms with van der Waals surface area (Å²) in [6, 6.07) is 59.7. The molecule has 1 heterocycles. The van der Waals surface area contributed by atoms with Crippen LogP contribution < -0.4 is 31.8 Å². The molecule has 57 heavy (non-hydrogen) atoms. The first-order chi connectivity index (χ1) is 27.9. The second kappa shape index (κ2) is 19.6. The summed E-state index contributed by atoms with van der Waals surface area (Å²) >= 11 is 0. The summed E-state index contributed by atoms with van der Waals surface area (Å²) in [7, 11) is -8.72. The Morgan fingerprint density at radius 3 is 0.596 bits per heavy atom. The zero-order valence-corrected chi connectivity index (χ0v) is 35.4. The molecule has 9 heteroatoms. The van der Waals surface area contributed by atoms with Gasteiger partial charge in [-0.2, -0.15) is 0 Å². The largest absolute Gasteiger partial charge is 0.314 e. The minimum Gasteiger partial charge on any atom is -0.314 e. The standard InChI is InChI=1S/C48H54N3O3P3/c52-55(43-19-7-1-8-20-43,44-21-9-2-10-22-44)40-37-49-31-33-50(38-41-56(53,45-23-11-3-12-24-45)46-25-13-4-14-26-46)35-36-51(34-32-49)39-42-57(54,47-27-15-5-16-28-47)48-29-17-6-18-30-48/h1-30H,31-42H2. The molecule has 0 aliphatic carbocycles. The van der Waals surface area contributed by atoms with Crippen molar-refractivity contribution in [2.45, 2.75) is 0 Å². The number of hydrogen-bond donors (Lipinski definition) is 0. The quantitative estimate of drug-likeness (QED) is 0.105. The molecule has 0 spiro atoms. The highest BCUT2D eigenvalue weighted by atomic mass is 31.2. The summed E-state index contributed by atoms with van der Waals surface area (Å²) in [5.74, 6) is 0. The van der Waals surface area contributed by atoms with Crippen LogP contribution in [0.25, 0.3) is 0 Å². The van der Waals surface area contributed by atoms with Gasteiger partial charge in [0, 0.05) is 109 Å². The van der Waals surface area contributed by atoms with Crippen molar-refractivity contribution in [2.24, 2.45) is 0 Å². The highest BCUT2D eigenvalue weighted by molar-refractivity contribution is 7.79. The second-order valence-electron chi connectivity index (χ2n) is 14.9. The van der Waals surface area contributed by atoms with Crippen LogP contribution >= 0.6 is 21.4 Å². The molecule has 0 radical (unpaired) electrons. The van der Waals surface area contributed by atoms with E-state index in [-0.39, 0.29) is 0 Å². The van der Waals surface area contributed by atoms with Gasteiger partial charge < -0.3 is 28.4 Å². The minimum atomic E-state index is -2.91. The minimum absolute atomic E-state index is 0.537. The van der Waals surface area contributed by atoms with Crippen LogP contribution in [0.15, 0.2) is 182 Å². The Bertz CT molecular complexity index is 1860. The van der Waals surface area contributed by atoms with Gasteiger partial charge in [0.05, 0.1) is 0 Å². The lowest BCUT2D eigenvalue weighted by atomic mass is 10.4. The van der Waals surface area contributed by atoms with Crippen LogP contribution in [-0.2, 0) is 13.7 Å². The molecule has 7 rings (SSSR count). The van der Waals surface area contributed by atoms with Crippen LogP contribution in [-0.4, -0.2) is 92.1 Å². The maximum Gasteiger partial charge on any atom is 0.144 e. The van der Waals surface area contributed by atoms with Crippen molar-refractivity contribution in [1.82, 2.24) is 14.7 Å². The van der Waals surface area contributed by atoms with E-state index in [9.17, 15) is 0 Å². The van der Waals surface area contributed by atoms with E-state index >= 15 is 13.7 Å². The molecule has 6 aromatic rings. The van der Waals surface area contributed by atoms with Crippen LogP contribution in [0.4, 0.5) is 0 Å². The molecule has 0 amide bonds. The zero-order chi connectivity index (χ0) is 39.4. The summed E-state index contributed by atoms with van der Waals surface area (Å²) in [5, 5.41) is 5.33. The molecule has 6 aromatic carbocycles. The van der Waals surface area contributed by atoms with Gasteiger partial charge in [0.25, 0.3) is 0 Å². The van der Waals surface area contributed by atoms with Gasteiger partial charge in [-0.3, -0.25) is 0 Å². The fourth-order valence-electron chi connectivity index (χ4n) is 7.94. The summed E-state index contributed by atoms with van der Waals surface area (Å²) in [5.41, 5.74) is 0. The van der Waals surface area contributed by atoms with Gasteiger partial charge in [-0.25, -0.2) is 0 Å². The van der Waals surface area contributed by atoms with E-state index in [2.05, 4.69) is 14.7 Å². The van der Waals surface area contributed by atoms with E-state index in [4.69, 9.17) is 0 Å². The third-order valence-electron chi connectivity index (χ3n) is 11.4. The molecule has 1 saturated heterocycles. The Hall–Kier alpha value is -4.11. The smallest absolute Gasteiger partial charge is 0.144 e. The van der Waals surface area contributed by atoms with Gasteiger partial charge in [0.1, 0.15) is 21.4 Å². The number of nitrogens with zero attached hydrogens (tertiary/aromatic N) is 3. The van der Waals surface area contributed by atoms with Gasteiger partial charge in [-0.1, -0.05) is 182 Å². The lowest BCUT2D eigenvalue weighted by Gasteiger charge is -2.29. The Kier molecular flexibility index (Phi) is 14.1. The second-order valence-corrected chi connectivity index (χ2v) is 23.8. The summed E-state index contributed by atoms with van der Waals surface area (Å²) in [6.45, 7) is 6.91. The monoisotopic (exact) mass is 813 g/mol. The van der Waals surface area contributed by atoms with Crippen molar-refractivity contribution in [1.29, 1.82) is 0 Å². The van der Waals surface area contributed by atoms with Gasteiger partial charge in [0.15, 0.2) is 0 Å². The van der Waals surface area contributed by atoms with Gasteiger partial charge >= 0.3 is 0 Å². The average molecular weight is 814 g/mol. The van der Waals surface area contributed by atoms with E-state index in [1.54, 1.807) is 0 Å². The van der Waals surface area contributed by atoms with Gasteiger partial charge in [-0.15, -0.1) is 0 Å². The molecule has 1 aliphatic rings. The van der Waals surface area contributed by atoms with Crippen molar-refractivity contribution < 1.29 is 13.7 Å². The van der Waals surface area contributed by atoms with Crippen molar-refractivity contribution >= 4 is 53.3 Å². The Balaban J connectivity index is 1.14. The molecular formula is C48H54N3O3P3. The van der Waals surface area contributed by atoms with E-state index in [0.29, 0.717) is 38.1 Å². The van der Waals surface area contributed by atoms with Gasteiger partial charge in [-0.05, 0) is 0 Å². The third kappa shape index (κ3) is 10.1. The van der Waals surface area contributed by atoms with Gasteiger partial charge in [0.2, 0.25) is 0 Å². The zero-order valence-electron chi connectivity index (χ0n) is 32.7. The van der Waals surface area contributed by atoms with E-state index in [0.717, 1.165) is 71.1 Å². The van der Waals surface area contributed by atoms with Crippen molar-refractivity contribution in [3.8, 4) is 0 Å². The third-order valence-corrected chi connectivity index (χ3v) is 20.7. The summed E-state index contributed by atoms with van der Waals surface area (Å²) < 4.78 is 45.2. The molecule has 294 valence electrons. The molecule has 0 unspecified atom stereocenters. The Labute approximate surface area is 339 Å². The predicted octanol–water partition coefficient (Wildman–Crippen LogP) is 6.95. The normalized spacial score (nSPS) is 15.4. The highest BCUT2D eigenvalue weighted by Gasteiger charge is 2.32. The molecule has 1 fully saturated rings. The first kappa shape index (κ1) is 41.1. The number of rotatable bonds is 15. The van der Waals surface area contributed by atoms with E-state index in [1.807, 2.05) is 182 Å². The maximum atomic E-state index is 15.1. The molecular weight excluding hydrogens is 759 g/mol. The summed E-state index contributed by atoms with van der Waals surface area (Å²) in [4.78, 5) is 7.39. The van der Waals surface area contributed by atoms with Crippen LogP contribution in [0.5, 0.6) is 0 Å². The van der Waals surface area contributed by atoms with Crippen molar-refractivity contribution in [3.05, 3.63) is 182 Å². The molecule has 0 bridgehead atoms. The molecule has 0 N–H and O–H groups in total. The van der Waals surface area contributed by atoms with Crippen LogP contribution in [0.3, 0.4) is 0 Å². The molecule has 1 aliphatic heterocycles. The van der Waals surface area contributed by atoms with Crippen LogP contribution in [0, 0.1) is 0 Å². The SMILES string of the molecule is O=P(CCN1CCN(CCP(=O)(c2ccccc2)c2ccccc2)CCN(CCP(=O)(c2ccccc2)c2ccccc2)CC1)(c1ccccc1)c1ccccc1. The lowest BCUT2D eigenvalue weighted by Crippen LogP contribution is -2.39. The lowest BCUT2D eigenvalue weighted by molar-refractivity contribution is 0.233. The first-order valence-electron chi connectivity index (χ1n) is 20.1. The average Bonchev–Trinajstić information content (AvgIpc) is 3.39.